The van der Waals surface area contributed by atoms with Gasteiger partial charge in [-0.1, -0.05) is 18.2 Å². The maximum Gasteiger partial charge on any atom is 0.387 e. The Morgan fingerprint density at radius 2 is 1.95 bits per heavy atom. The maximum absolute atomic E-state index is 13.0. The topological polar surface area (TPSA) is 43.4 Å². The minimum atomic E-state index is -2.97. The summed E-state index contributed by atoms with van der Waals surface area (Å²) in [7, 11) is 1.36. The van der Waals surface area contributed by atoms with E-state index in [-0.39, 0.29) is 18.0 Å². The summed E-state index contributed by atoms with van der Waals surface area (Å²) in [4.78, 5) is 3.62. The summed E-state index contributed by atoms with van der Waals surface area (Å²) in [5.74, 6) is -0.198. The molecule has 0 radical (unpaired) electrons. The lowest BCUT2D eigenvalue weighted by Crippen LogP contribution is -2.09. The second-order valence-corrected chi connectivity index (χ2v) is 4.03. The smallest absolute Gasteiger partial charge is 0.387 e. The summed E-state index contributed by atoms with van der Waals surface area (Å²) in [6.45, 7) is -2.83. The van der Waals surface area contributed by atoms with E-state index < -0.39 is 12.6 Å². The number of nitrogens with one attached hydrogen (secondary N) is 1. The molecule has 0 fully saturated rings. The highest BCUT2D eigenvalue weighted by molar-refractivity contribution is 5.48. The second-order valence-electron chi connectivity index (χ2n) is 4.03. The Morgan fingerprint density at radius 3 is 2.62 bits per heavy atom. The highest BCUT2D eigenvalue weighted by atomic mass is 19.3. The maximum atomic E-state index is 13.0. The van der Waals surface area contributed by atoms with Crippen LogP contribution in [-0.4, -0.2) is 18.7 Å². The van der Waals surface area contributed by atoms with Crippen LogP contribution in [0.5, 0.6) is 11.5 Å². The van der Waals surface area contributed by atoms with Crippen molar-refractivity contribution in [2.24, 2.45) is 0 Å². The van der Waals surface area contributed by atoms with Crippen molar-refractivity contribution in [1.29, 1.82) is 0 Å². The number of methoxy groups -OCH3 is 1. The van der Waals surface area contributed by atoms with Gasteiger partial charge < -0.3 is 14.8 Å². The average molecular weight is 298 g/mol. The number of pyridine rings is 1. The van der Waals surface area contributed by atoms with E-state index in [1.54, 1.807) is 18.2 Å². The number of aromatic nitrogens is 1. The van der Waals surface area contributed by atoms with Crippen LogP contribution in [0.4, 0.5) is 19.0 Å². The van der Waals surface area contributed by atoms with E-state index in [1.165, 1.54) is 25.3 Å². The van der Waals surface area contributed by atoms with Gasteiger partial charge in [0.1, 0.15) is 5.82 Å². The number of benzene rings is 1. The van der Waals surface area contributed by atoms with E-state index in [1.807, 2.05) is 0 Å². The van der Waals surface area contributed by atoms with Crippen molar-refractivity contribution in [3.8, 4) is 11.5 Å². The molecule has 1 aromatic carbocycles. The van der Waals surface area contributed by atoms with E-state index >= 15 is 0 Å². The molecule has 4 nitrogen and oxygen atoms in total. The zero-order valence-corrected chi connectivity index (χ0v) is 11.1. The monoisotopic (exact) mass is 298 g/mol. The van der Waals surface area contributed by atoms with Crippen molar-refractivity contribution in [2.75, 3.05) is 12.4 Å². The molecule has 0 bridgehead atoms. The van der Waals surface area contributed by atoms with Crippen molar-refractivity contribution < 1.29 is 22.6 Å². The Morgan fingerprint density at radius 1 is 1.19 bits per heavy atom. The first-order valence-corrected chi connectivity index (χ1v) is 6.07. The zero-order valence-electron chi connectivity index (χ0n) is 11.1. The molecule has 112 valence electrons. The Labute approximate surface area is 119 Å². The van der Waals surface area contributed by atoms with Gasteiger partial charge in [-0.15, -0.1) is 0 Å². The molecule has 2 aromatic rings. The molecule has 0 aliphatic heterocycles. The van der Waals surface area contributed by atoms with Crippen LogP contribution in [0.3, 0.4) is 0 Å². The lowest BCUT2D eigenvalue weighted by molar-refractivity contribution is -0.0517. The quantitative estimate of drug-likeness (QED) is 0.830. The summed E-state index contributed by atoms with van der Waals surface area (Å²) in [6, 6.07) is 9.03. The molecule has 0 aliphatic carbocycles. The summed E-state index contributed by atoms with van der Waals surface area (Å²) >= 11 is 0. The summed E-state index contributed by atoms with van der Waals surface area (Å²) in [5, 5.41) is 2.84. The summed E-state index contributed by atoms with van der Waals surface area (Å²) < 4.78 is 47.4. The van der Waals surface area contributed by atoms with Crippen molar-refractivity contribution in [3.63, 3.8) is 0 Å². The third-order valence-corrected chi connectivity index (χ3v) is 2.66. The number of ether oxygens (including phenoxy) is 2. The van der Waals surface area contributed by atoms with E-state index in [0.717, 1.165) is 0 Å². The minimum Gasteiger partial charge on any atom is -0.493 e. The van der Waals surface area contributed by atoms with Crippen LogP contribution in [0.25, 0.3) is 0 Å². The molecule has 0 unspecified atom stereocenters. The third-order valence-electron chi connectivity index (χ3n) is 2.66. The van der Waals surface area contributed by atoms with Crippen LogP contribution in [0.15, 0.2) is 36.4 Å². The summed E-state index contributed by atoms with van der Waals surface area (Å²) in [6.07, 6.45) is 0. The molecule has 0 aliphatic rings. The normalized spacial score (nSPS) is 10.5. The Hall–Kier alpha value is -2.44. The van der Waals surface area contributed by atoms with Gasteiger partial charge in [0.2, 0.25) is 5.95 Å². The Kier molecular flexibility index (Phi) is 4.86. The van der Waals surface area contributed by atoms with Gasteiger partial charge in [0.15, 0.2) is 11.5 Å². The zero-order chi connectivity index (χ0) is 15.2. The molecule has 2 rings (SSSR count). The number of halogens is 3. The number of hydrogen-bond donors (Lipinski definition) is 1. The van der Waals surface area contributed by atoms with Crippen molar-refractivity contribution in [1.82, 2.24) is 4.98 Å². The molecule has 0 amide bonds. The van der Waals surface area contributed by atoms with Crippen LogP contribution in [0, 0.1) is 5.95 Å². The fourth-order valence-corrected chi connectivity index (χ4v) is 1.78. The van der Waals surface area contributed by atoms with Gasteiger partial charge in [-0.05, 0) is 18.2 Å². The van der Waals surface area contributed by atoms with Gasteiger partial charge in [-0.25, -0.2) is 4.98 Å². The molecular formula is C14H13F3N2O2. The highest BCUT2D eigenvalue weighted by Crippen LogP contribution is 2.32. The van der Waals surface area contributed by atoms with Gasteiger partial charge in [0, 0.05) is 12.1 Å². The third kappa shape index (κ3) is 4.01. The predicted molar refractivity (Wildman–Crippen MR) is 71.1 cm³/mol. The van der Waals surface area contributed by atoms with Gasteiger partial charge in [-0.3, -0.25) is 0 Å². The van der Waals surface area contributed by atoms with E-state index in [4.69, 9.17) is 4.74 Å². The average Bonchev–Trinajstić information content (AvgIpc) is 2.45. The lowest BCUT2D eigenvalue weighted by Gasteiger charge is -2.15. The lowest BCUT2D eigenvalue weighted by atomic mass is 10.2. The molecule has 7 heteroatoms. The van der Waals surface area contributed by atoms with Gasteiger partial charge >= 0.3 is 6.61 Å². The molecule has 1 aromatic heterocycles. The largest absolute Gasteiger partial charge is 0.493 e. The number of hydrogen-bond acceptors (Lipinski definition) is 4. The first kappa shape index (κ1) is 15.0. The van der Waals surface area contributed by atoms with E-state index in [9.17, 15) is 13.2 Å². The van der Waals surface area contributed by atoms with Crippen LogP contribution < -0.4 is 14.8 Å². The first-order chi connectivity index (χ1) is 10.1. The standard InChI is InChI=1S/C14H13F3N2O2/c1-20-10-5-2-4-9(13(10)21-14(16)17)8-18-12-7-3-6-11(15)19-12/h2-7,14H,8H2,1H3,(H,18,19). The van der Waals surface area contributed by atoms with E-state index in [2.05, 4.69) is 15.0 Å². The molecular weight excluding hydrogens is 285 g/mol. The molecule has 1 N–H and O–H groups in total. The Bertz CT molecular complexity index is 609. The molecule has 0 saturated heterocycles. The molecule has 21 heavy (non-hydrogen) atoms. The van der Waals surface area contributed by atoms with Crippen LogP contribution in [-0.2, 0) is 6.54 Å². The van der Waals surface area contributed by atoms with Gasteiger partial charge in [-0.2, -0.15) is 13.2 Å². The highest BCUT2D eigenvalue weighted by Gasteiger charge is 2.15. The van der Waals surface area contributed by atoms with Crippen molar-refractivity contribution in [3.05, 3.63) is 47.9 Å². The molecule has 0 atom stereocenters. The number of para-hydroxylation sites is 1. The van der Waals surface area contributed by atoms with Crippen LogP contribution >= 0.6 is 0 Å². The minimum absolute atomic E-state index is 0.0566. The fourth-order valence-electron chi connectivity index (χ4n) is 1.78. The van der Waals surface area contributed by atoms with Crippen LogP contribution in [0.2, 0.25) is 0 Å². The van der Waals surface area contributed by atoms with Crippen LogP contribution in [0.1, 0.15) is 5.56 Å². The summed E-state index contributed by atoms with van der Waals surface area (Å²) in [5.41, 5.74) is 0.445. The predicted octanol–water partition coefficient (Wildman–Crippen LogP) is 3.44. The molecule has 0 saturated carbocycles. The van der Waals surface area contributed by atoms with E-state index in [0.29, 0.717) is 11.4 Å². The number of nitrogens with zero attached hydrogens (tertiary/aromatic N) is 1. The Balaban J connectivity index is 2.19. The van der Waals surface area contributed by atoms with Gasteiger partial charge in [0.05, 0.1) is 7.11 Å². The number of alkyl halides is 2. The van der Waals surface area contributed by atoms with Gasteiger partial charge in [0.25, 0.3) is 0 Å². The molecule has 1 heterocycles. The molecule has 0 spiro atoms. The first-order valence-electron chi connectivity index (χ1n) is 6.07. The van der Waals surface area contributed by atoms with Crippen molar-refractivity contribution >= 4 is 5.82 Å². The van der Waals surface area contributed by atoms with Crippen molar-refractivity contribution in [2.45, 2.75) is 13.2 Å². The second kappa shape index (κ2) is 6.83. The SMILES string of the molecule is COc1cccc(CNc2cccc(F)n2)c1OC(F)F. The number of rotatable bonds is 6. The number of anilines is 1. The fraction of sp³-hybridized carbons (Fsp3) is 0.214.